The lowest BCUT2D eigenvalue weighted by molar-refractivity contribution is -0.387. The third-order valence-corrected chi connectivity index (χ3v) is 4.91. The molecule has 0 atom stereocenters. The first-order chi connectivity index (χ1) is 17.9. The number of benzene rings is 4. The smallest absolute Gasteiger partial charge is 0.315 e. The van der Waals surface area contributed by atoms with E-state index in [1.807, 2.05) is 12.1 Å². The lowest BCUT2D eigenvalue weighted by atomic mass is 10.2. The molecule has 180 valence electrons. The van der Waals surface area contributed by atoms with E-state index in [0.717, 1.165) is 12.1 Å². The number of nitrogens with zero attached hydrogens (tertiary/aromatic N) is 4. The summed E-state index contributed by atoms with van der Waals surface area (Å²) < 4.78 is 16.8. The van der Waals surface area contributed by atoms with Crippen LogP contribution in [0.2, 0.25) is 0 Å². The van der Waals surface area contributed by atoms with Gasteiger partial charge < -0.3 is 14.2 Å². The van der Waals surface area contributed by atoms with Crippen molar-refractivity contribution in [2.75, 3.05) is 0 Å². The summed E-state index contributed by atoms with van der Waals surface area (Å²) in [7, 11) is 0. The Kier molecular flexibility index (Phi) is 6.90. The number of ether oxygens (including phenoxy) is 3. The van der Waals surface area contributed by atoms with Crippen LogP contribution < -0.4 is 14.2 Å². The van der Waals surface area contributed by atoms with Crippen molar-refractivity contribution in [2.45, 2.75) is 0 Å². The number of nitriles is 2. The molecule has 0 bridgehead atoms. The van der Waals surface area contributed by atoms with Gasteiger partial charge in [0.2, 0.25) is 11.5 Å². The van der Waals surface area contributed by atoms with Crippen molar-refractivity contribution in [2.24, 2.45) is 0 Å². The van der Waals surface area contributed by atoms with E-state index >= 15 is 0 Å². The van der Waals surface area contributed by atoms with Crippen LogP contribution in [0.3, 0.4) is 0 Å². The van der Waals surface area contributed by atoms with Crippen molar-refractivity contribution in [3.8, 4) is 46.6 Å². The molecule has 0 aliphatic heterocycles. The van der Waals surface area contributed by atoms with Gasteiger partial charge in [0.1, 0.15) is 23.0 Å². The topological polar surface area (TPSA) is 162 Å². The van der Waals surface area contributed by atoms with Gasteiger partial charge in [0.05, 0.1) is 45.2 Å². The Morgan fingerprint density at radius 3 is 1.22 bits per heavy atom. The minimum Gasteiger partial charge on any atom is -0.457 e. The summed E-state index contributed by atoms with van der Waals surface area (Å²) in [4.78, 5) is 22.0. The average molecular weight is 494 g/mol. The van der Waals surface area contributed by atoms with Gasteiger partial charge in [-0.1, -0.05) is 0 Å². The molecular formula is C26H14N4O7. The van der Waals surface area contributed by atoms with Gasteiger partial charge >= 0.3 is 11.4 Å². The highest BCUT2D eigenvalue weighted by Gasteiger charge is 2.23. The molecule has 0 heterocycles. The molecule has 0 unspecified atom stereocenters. The molecule has 11 heteroatoms. The summed E-state index contributed by atoms with van der Waals surface area (Å²) in [5.41, 5.74) is -0.0920. The Labute approximate surface area is 209 Å². The fourth-order valence-electron chi connectivity index (χ4n) is 3.16. The van der Waals surface area contributed by atoms with E-state index in [2.05, 4.69) is 0 Å². The number of hydrogen-bond donors (Lipinski definition) is 0. The first-order valence-corrected chi connectivity index (χ1v) is 10.5. The van der Waals surface area contributed by atoms with Crippen LogP contribution in [0.25, 0.3) is 0 Å². The second-order valence-electron chi connectivity index (χ2n) is 7.35. The molecule has 0 fully saturated rings. The van der Waals surface area contributed by atoms with Gasteiger partial charge in [0.25, 0.3) is 0 Å². The van der Waals surface area contributed by atoms with E-state index in [1.54, 1.807) is 24.3 Å². The summed E-state index contributed by atoms with van der Waals surface area (Å²) in [6, 6.07) is 23.9. The molecule has 0 saturated heterocycles. The van der Waals surface area contributed by atoms with Crippen LogP contribution in [-0.4, -0.2) is 9.85 Å². The molecule has 0 aliphatic rings. The van der Waals surface area contributed by atoms with Crippen LogP contribution in [0, 0.1) is 42.9 Å². The molecule has 0 aliphatic carbocycles. The summed E-state index contributed by atoms with van der Waals surface area (Å²) in [5, 5.41) is 41.1. The second kappa shape index (κ2) is 10.5. The maximum Gasteiger partial charge on any atom is 0.315 e. The Hall–Kier alpha value is -5.94. The minimum absolute atomic E-state index is 0.129. The fourth-order valence-corrected chi connectivity index (χ4v) is 3.16. The standard InChI is InChI=1S/C26H14N4O7/c27-15-17-1-5-19(6-2-17)35-21-9-11-25(23(13-21)29(31)32)37-26-12-10-22(14-24(26)30(33)34)36-20-7-3-18(16-28)4-8-20/h1-14H. The zero-order valence-electron chi connectivity index (χ0n) is 18.7. The van der Waals surface area contributed by atoms with Gasteiger partial charge in [-0.05, 0) is 72.8 Å². The first-order valence-electron chi connectivity index (χ1n) is 10.5. The Morgan fingerprint density at radius 1 is 0.541 bits per heavy atom. The molecule has 0 spiro atoms. The highest BCUT2D eigenvalue weighted by Crippen LogP contribution is 2.40. The van der Waals surface area contributed by atoms with Crippen LogP contribution in [0.4, 0.5) is 11.4 Å². The van der Waals surface area contributed by atoms with Crippen molar-refractivity contribution < 1.29 is 24.1 Å². The Morgan fingerprint density at radius 2 is 0.892 bits per heavy atom. The van der Waals surface area contributed by atoms with Crippen LogP contribution in [-0.2, 0) is 0 Å². The van der Waals surface area contributed by atoms with Crippen molar-refractivity contribution in [3.63, 3.8) is 0 Å². The largest absolute Gasteiger partial charge is 0.457 e. The van der Waals surface area contributed by atoms with Gasteiger partial charge in [-0.15, -0.1) is 0 Å². The SMILES string of the molecule is N#Cc1ccc(Oc2ccc(Oc3ccc(Oc4ccc(C#N)cc4)cc3[N+](=O)[O-])c([N+](=O)[O-])c2)cc1. The molecular weight excluding hydrogens is 480 g/mol. The van der Waals surface area contributed by atoms with E-state index in [4.69, 9.17) is 24.7 Å². The number of rotatable bonds is 8. The molecule has 37 heavy (non-hydrogen) atoms. The lowest BCUT2D eigenvalue weighted by Gasteiger charge is -2.11. The van der Waals surface area contributed by atoms with Crippen molar-refractivity contribution in [1.29, 1.82) is 10.5 Å². The number of nitro groups is 2. The van der Waals surface area contributed by atoms with Gasteiger partial charge in [-0.25, -0.2) is 0 Å². The summed E-state index contributed by atoms with van der Waals surface area (Å²) in [6.45, 7) is 0. The predicted molar refractivity (Wildman–Crippen MR) is 129 cm³/mol. The second-order valence-corrected chi connectivity index (χ2v) is 7.35. The maximum absolute atomic E-state index is 11.7. The van der Waals surface area contributed by atoms with Crippen molar-refractivity contribution >= 4 is 11.4 Å². The van der Waals surface area contributed by atoms with Crippen molar-refractivity contribution in [1.82, 2.24) is 0 Å². The number of hydrogen-bond acceptors (Lipinski definition) is 9. The average Bonchev–Trinajstić information content (AvgIpc) is 2.91. The third kappa shape index (κ3) is 5.77. The molecule has 4 rings (SSSR count). The normalized spacial score (nSPS) is 10.0. The van der Waals surface area contributed by atoms with Crippen LogP contribution in [0.1, 0.15) is 11.1 Å². The molecule has 0 amide bonds. The van der Waals surface area contributed by atoms with E-state index in [-0.39, 0.29) is 23.0 Å². The van der Waals surface area contributed by atoms with Crippen LogP contribution in [0.5, 0.6) is 34.5 Å². The lowest BCUT2D eigenvalue weighted by Crippen LogP contribution is -1.98. The monoisotopic (exact) mass is 494 g/mol. The Bertz CT molecular complexity index is 1450. The zero-order valence-corrected chi connectivity index (χ0v) is 18.7. The quantitative estimate of drug-likeness (QED) is 0.193. The molecule has 0 radical (unpaired) electrons. The van der Waals surface area contributed by atoms with Crippen LogP contribution in [0.15, 0.2) is 84.9 Å². The van der Waals surface area contributed by atoms with E-state index in [0.29, 0.717) is 22.6 Å². The summed E-state index contributed by atoms with van der Waals surface area (Å²) in [6.07, 6.45) is 0. The van der Waals surface area contributed by atoms with E-state index in [1.165, 1.54) is 48.5 Å². The molecule has 0 N–H and O–H groups in total. The minimum atomic E-state index is -0.699. The molecule has 0 saturated carbocycles. The maximum atomic E-state index is 11.7. The molecule has 4 aromatic rings. The third-order valence-electron chi connectivity index (χ3n) is 4.91. The fraction of sp³-hybridized carbons (Fsp3) is 0. The number of nitro benzene ring substituents is 2. The van der Waals surface area contributed by atoms with Gasteiger partial charge in [0.15, 0.2) is 0 Å². The van der Waals surface area contributed by atoms with Gasteiger partial charge in [0, 0.05) is 0 Å². The summed E-state index contributed by atoms with van der Waals surface area (Å²) in [5.74, 6) is 0.502. The first kappa shape index (κ1) is 24.2. The highest BCUT2D eigenvalue weighted by molar-refractivity contribution is 5.58. The van der Waals surface area contributed by atoms with Crippen molar-refractivity contribution in [3.05, 3.63) is 116 Å². The van der Waals surface area contributed by atoms with Gasteiger partial charge in [-0.2, -0.15) is 10.5 Å². The summed E-state index contributed by atoms with van der Waals surface area (Å²) >= 11 is 0. The predicted octanol–water partition coefficient (Wildman–Crippen LogP) is 6.62. The Balaban J connectivity index is 1.58. The zero-order chi connectivity index (χ0) is 26.4. The van der Waals surface area contributed by atoms with E-state index < -0.39 is 21.2 Å². The van der Waals surface area contributed by atoms with E-state index in [9.17, 15) is 20.2 Å². The molecule has 11 nitrogen and oxygen atoms in total. The molecule has 0 aromatic heterocycles. The highest BCUT2D eigenvalue weighted by atomic mass is 16.6. The van der Waals surface area contributed by atoms with Crippen LogP contribution >= 0.6 is 0 Å². The van der Waals surface area contributed by atoms with Gasteiger partial charge in [-0.3, -0.25) is 20.2 Å². The molecule has 4 aromatic carbocycles.